The second kappa shape index (κ2) is 6.08. The molecule has 0 aliphatic carbocycles. The van der Waals surface area contributed by atoms with Crippen LogP contribution in [0, 0.1) is 5.82 Å². The molecule has 0 radical (unpaired) electrons. The predicted molar refractivity (Wildman–Crippen MR) is 72.6 cm³/mol. The van der Waals surface area contributed by atoms with Gasteiger partial charge in [-0.05, 0) is 24.3 Å². The molecule has 0 fully saturated rings. The van der Waals surface area contributed by atoms with E-state index in [9.17, 15) is 14.0 Å². The van der Waals surface area contributed by atoms with Gasteiger partial charge in [-0.25, -0.2) is 14.0 Å². The van der Waals surface area contributed by atoms with Crippen molar-refractivity contribution in [1.82, 2.24) is 4.90 Å². The van der Waals surface area contributed by atoms with Gasteiger partial charge in [0, 0.05) is 18.3 Å². The number of carbonyl (C=O) groups is 2. The summed E-state index contributed by atoms with van der Waals surface area (Å²) in [5.74, 6) is -2.25. The van der Waals surface area contributed by atoms with Gasteiger partial charge in [-0.1, -0.05) is 0 Å². The van der Waals surface area contributed by atoms with Crippen LogP contribution < -0.4 is 5.32 Å². The number of urea groups is 1. The van der Waals surface area contributed by atoms with Gasteiger partial charge in [0.05, 0.1) is 24.6 Å². The van der Waals surface area contributed by atoms with E-state index in [1.807, 2.05) is 0 Å². The number of rotatable bonds is 4. The van der Waals surface area contributed by atoms with Crippen LogP contribution in [0.15, 0.2) is 41.2 Å². The molecule has 1 heterocycles. The van der Waals surface area contributed by atoms with Crippen molar-refractivity contribution in [3.05, 3.63) is 53.7 Å². The van der Waals surface area contributed by atoms with Crippen LogP contribution in [0.4, 0.5) is 14.9 Å². The number of anilines is 1. The lowest BCUT2D eigenvalue weighted by Gasteiger charge is -2.17. The topological polar surface area (TPSA) is 82.8 Å². The lowest BCUT2D eigenvalue weighted by atomic mass is 10.2. The first-order valence-corrected chi connectivity index (χ1v) is 6.03. The molecule has 0 saturated carbocycles. The first kappa shape index (κ1) is 14.6. The maximum atomic E-state index is 13.3. The standard InChI is InChI=1S/C14H13FN2O4/c1-17(7-9-4-5-21-8-9)14(20)16-10-2-3-12(15)11(6-10)13(18)19/h2-6,8H,7H2,1H3,(H,16,20)(H,18,19). The van der Waals surface area contributed by atoms with Gasteiger partial charge >= 0.3 is 12.0 Å². The normalized spacial score (nSPS) is 10.2. The average Bonchev–Trinajstić information content (AvgIpc) is 2.93. The molecule has 1 aromatic carbocycles. The molecule has 2 rings (SSSR count). The van der Waals surface area contributed by atoms with Gasteiger partial charge in [-0.3, -0.25) is 0 Å². The number of benzene rings is 1. The number of nitrogens with one attached hydrogen (secondary N) is 1. The summed E-state index contributed by atoms with van der Waals surface area (Å²) in [5.41, 5.74) is 0.529. The second-order valence-corrected chi connectivity index (χ2v) is 4.42. The van der Waals surface area contributed by atoms with Gasteiger partial charge in [-0.15, -0.1) is 0 Å². The number of amides is 2. The monoisotopic (exact) mass is 292 g/mol. The third kappa shape index (κ3) is 3.59. The van der Waals surface area contributed by atoms with E-state index in [0.717, 1.165) is 17.7 Å². The molecule has 0 saturated heterocycles. The van der Waals surface area contributed by atoms with E-state index in [2.05, 4.69) is 5.32 Å². The zero-order valence-electron chi connectivity index (χ0n) is 11.2. The summed E-state index contributed by atoms with van der Waals surface area (Å²) in [4.78, 5) is 24.2. The van der Waals surface area contributed by atoms with Crippen molar-refractivity contribution in [1.29, 1.82) is 0 Å². The Morgan fingerprint density at radius 3 is 2.76 bits per heavy atom. The predicted octanol–water partition coefficient (Wildman–Crippen LogP) is 2.78. The average molecular weight is 292 g/mol. The van der Waals surface area contributed by atoms with E-state index in [1.165, 1.54) is 23.5 Å². The smallest absolute Gasteiger partial charge is 0.338 e. The number of carbonyl (C=O) groups excluding carboxylic acids is 1. The summed E-state index contributed by atoms with van der Waals surface area (Å²) in [6.07, 6.45) is 3.02. The lowest BCUT2D eigenvalue weighted by molar-refractivity contribution is 0.0692. The van der Waals surface area contributed by atoms with Crippen LogP contribution in [0.2, 0.25) is 0 Å². The van der Waals surface area contributed by atoms with Crippen LogP contribution >= 0.6 is 0 Å². The highest BCUT2D eigenvalue weighted by molar-refractivity contribution is 5.93. The zero-order chi connectivity index (χ0) is 15.4. The number of furan rings is 1. The second-order valence-electron chi connectivity index (χ2n) is 4.42. The molecular formula is C14H13FN2O4. The zero-order valence-corrected chi connectivity index (χ0v) is 11.2. The summed E-state index contributed by atoms with van der Waals surface area (Å²) >= 11 is 0. The fourth-order valence-corrected chi connectivity index (χ4v) is 1.71. The molecule has 0 aliphatic rings. The molecule has 7 heteroatoms. The van der Waals surface area contributed by atoms with E-state index in [1.54, 1.807) is 13.1 Å². The summed E-state index contributed by atoms with van der Waals surface area (Å²) in [6, 6.07) is 4.64. The number of carboxylic acid groups (broad SMARTS) is 1. The van der Waals surface area contributed by atoms with Gasteiger partial charge in [0.2, 0.25) is 0 Å². The molecule has 2 aromatic rings. The first-order valence-electron chi connectivity index (χ1n) is 6.03. The number of hydrogen-bond acceptors (Lipinski definition) is 3. The molecule has 110 valence electrons. The van der Waals surface area contributed by atoms with E-state index in [4.69, 9.17) is 9.52 Å². The van der Waals surface area contributed by atoms with Crippen LogP contribution in [0.1, 0.15) is 15.9 Å². The van der Waals surface area contributed by atoms with Crippen LogP contribution in [-0.4, -0.2) is 29.1 Å². The largest absolute Gasteiger partial charge is 0.478 e. The van der Waals surface area contributed by atoms with Gasteiger partial charge in [0.15, 0.2) is 0 Å². The molecule has 2 amide bonds. The molecular weight excluding hydrogens is 279 g/mol. The Kier molecular flexibility index (Phi) is 4.22. The molecule has 0 spiro atoms. The van der Waals surface area contributed by atoms with Crippen molar-refractivity contribution in [2.24, 2.45) is 0 Å². The number of carboxylic acids is 1. The fourth-order valence-electron chi connectivity index (χ4n) is 1.71. The summed E-state index contributed by atoms with van der Waals surface area (Å²) in [6.45, 7) is 0.329. The molecule has 21 heavy (non-hydrogen) atoms. The van der Waals surface area contributed by atoms with Gasteiger partial charge in [-0.2, -0.15) is 0 Å². The van der Waals surface area contributed by atoms with E-state index >= 15 is 0 Å². The highest BCUT2D eigenvalue weighted by Gasteiger charge is 2.14. The Morgan fingerprint density at radius 1 is 1.38 bits per heavy atom. The summed E-state index contributed by atoms with van der Waals surface area (Å²) in [7, 11) is 1.57. The Balaban J connectivity index is 2.05. The number of hydrogen-bond donors (Lipinski definition) is 2. The van der Waals surface area contributed by atoms with Crippen molar-refractivity contribution in [2.45, 2.75) is 6.54 Å². The SMILES string of the molecule is CN(Cc1ccoc1)C(=O)Nc1ccc(F)c(C(=O)O)c1. The third-order valence-electron chi connectivity index (χ3n) is 2.79. The Hall–Kier alpha value is -2.83. The van der Waals surface area contributed by atoms with Crippen molar-refractivity contribution < 1.29 is 23.5 Å². The Morgan fingerprint density at radius 2 is 2.14 bits per heavy atom. The van der Waals surface area contributed by atoms with Crippen molar-refractivity contribution >= 4 is 17.7 Å². The van der Waals surface area contributed by atoms with Crippen LogP contribution in [-0.2, 0) is 6.54 Å². The summed E-state index contributed by atoms with van der Waals surface area (Å²) in [5, 5.41) is 11.3. The number of halogens is 1. The first-order chi connectivity index (χ1) is 9.97. The van der Waals surface area contributed by atoms with Crippen LogP contribution in [0.25, 0.3) is 0 Å². The van der Waals surface area contributed by atoms with Crippen molar-refractivity contribution in [2.75, 3.05) is 12.4 Å². The fraction of sp³-hybridized carbons (Fsp3) is 0.143. The van der Waals surface area contributed by atoms with E-state index < -0.39 is 23.4 Å². The quantitative estimate of drug-likeness (QED) is 0.907. The van der Waals surface area contributed by atoms with Gasteiger partial charge < -0.3 is 19.7 Å². The number of aromatic carboxylic acids is 1. The third-order valence-corrected chi connectivity index (χ3v) is 2.79. The van der Waals surface area contributed by atoms with E-state index in [0.29, 0.717) is 6.54 Å². The highest BCUT2D eigenvalue weighted by Crippen LogP contribution is 2.15. The highest BCUT2D eigenvalue weighted by atomic mass is 19.1. The van der Waals surface area contributed by atoms with Gasteiger partial charge in [0.1, 0.15) is 5.82 Å². The maximum absolute atomic E-state index is 13.3. The molecule has 2 N–H and O–H groups in total. The Labute approximate surface area is 119 Å². The molecule has 0 unspecified atom stereocenters. The molecule has 6 nitrogen and oxygen atoms in total. The van der Waals surface area contributed by atoms with E-state index in [-0.39, 0.29) is 5.69 Å². The maximum Gasteiger partial charge on any atom is 0.338 e. The van der Waals surface area contributed by atoms with Gasteiger partial charge in [0.25, 0.3) is 0 Å². The molecule has 0 atom stereocenters. The Bertz CT molecular complexity index is 655. The van der Waals surface area contributed by atoms with Crippen LogP contribution in [0.5, 0.6) is 0 Å². The molecule has 0 bridgehead atoms. The minimum Gasteiger partial charge on any atom is -0.478 e. The lowest BCUT2D eigenvalue weighted by Crippen LogP contribution is -2.30. The molecule has 0 aliphatic heterocycles. The molecule has 1 aromatic heterocycles. The van der Waals surface area contributed by atoms with Crippen LogP contribution in [0.3, 0.4) is 0 Å². The van der Waals surface area contributed by atoms with Crippen molar-refractivity contribution in [3.8, 4) is 0 Å². The minimum atomic E-state index is -1.39. The summed E-state index contributed by atoms with van der Waals surface area (Å²) < 4.78 is 18.2. The van der Waals surface area contributed by atoms with Crippen molar-refractivity contribution in [3.63, 3.8) is 0 Å². The minimum absolute atomic E-state index is 0.206. The number of nitrogens with zero attached hydrogens (tertiary/aromatic N) is 1.